The molecule has 1 unspecified atom stereocenters. The monoisotopic (exact) mass is 262 g/mol. The zero-order chi connectivity index (χ0) is 13.8. The highest BCUT2D eigenvalue weighted by atomic mass is 16.6. The lowest BCUT2D eigenvalue weighted by Crippen LogP contribution is -2.26. The van der Waals surface area contributed by atoms with Gasteiger partial charge in [0.25, 0.3) is 0 Å². The lowest BCUT2D eigenvalue weighted by Gasteiger charge is -2.12. The van der Waals surface area contributed by atoms with Crippen molar-refractivity contribution in [3.63, 3.8) is 0 Å². The normalized spacial score (nSPS) is 15.9. The maximum Gasteiger partial charge on any atom is 0.340 e. The first-order chi connectivity index (χ1) is 9.06. The van der Waals surface area contributed by atoms with E-state index < -0.39 is 12.1 Å². The lowest BCUT2D eigenvalue weighted by atomic mass is 10.1. The molecule has 0 spiro atoms. The van der Waals surface area contributed by atoms with Crippen LogP contribution in [0.2, 0.25) is 0 Å². The summed E-state index contributed by atoms with van der Waals surface area (Å²) >= 11 is 0. The number of esters is 1. The molecule has 4 nitrogen and oxygen atoms in total. The maximum absolute atomic E-state index is 11.8. The van der Waals surface area contributed by atoms with Gasteiger partial charge < -0.3 is 9.47 Å². The summed E-state index contributed by atoms with van der Waals surface area (Å²) in [5, 5.41) is 0. The third-order valence-corrected chi connectivity index (χ3v) is 3.07. The highest BCUT2D eigenvalue weighted by Crippen LogP contribution is 2.29. The minimum Gasteiger partial charge on any atom is -0.425 e. The highest BCUT2D eigenvalue weighted by molar-refractivity contribution is 5.94. The fraction of sp³-hybridized carbons (Fsp3) is 0.467. The Morgan fingerprint density at radius 2 is 2.11 bits per heavy atom. The average Bonchev–Trinajstić information content (AvgIpc) is 3.20. The van der Waals surface area contributed by atoms with Crippen LogP contribution in [-0.4, -0.2) is 24.5 Å². The number of carbonyl (C=O) groups is 2. The van der Waals surface area contributed by atoms with Crippen LogP contribution in [0.5, 0.6) is 5.75 Å². The summed E-state index contributed by atoms with van der Waals surface area (Å²) in [6.45, 7) is 3.77. The van der Waals surface area contributed by atoms with Crippen LogP contribution in [-0.2, 0) is 9.53 Å². The summed E-state index contributed by atoms with van der Waals surface area (Å²) in [7, 11) is 0. The number of ether oxygens (including phenoxy) is 2. The van der Waals surface area contributed by atoms with Gasteiger partial charge in [0.05, 0.1) is 6.61 Å². The molecule has 1 aliphatic carbocycles. The molecule has 1 saturated carbocycles. The zero-order valence-corrected chi connectivity index (χ0v) is 11.2. The molecular weight excluding hydrogens is 244 g/mol. The first kappa shape index (κ1) is 13.7. The van der Waals surface area contributed by atoms with Crippen LogP contribution in [0.3, 0.4) is 0 Å². The van der Waals surface area contributed by atoms with Crippen molar-refractivity contribution in [2.45, 2.75) is 32.8 Å². The summed E-state index contributed by atoms with van der Waals surface area (Å²) in [4.78, 5) is 23.0. The lowest BCUT2D eigenvalue weighted by molar-refractivity contribution is -0.146. The second-order valence-corrected chi connectivity index (χ2v) is 4.92. The van der Waals surface area contributed by atoms with Gasteiger partial charge in [0.2, 0.25) is 0 Å². The number of benzene rings is 1. The van der Waals surface area contributed by atoms with Crippen molar-refractivity contribution in [1.29, 1.82) is 0 Å². The highest BCUT2D eigenvalue weighted by Gasteiger charge is 2.24. The van der Waals surface area contributed by atoms with E-state index in [0.717, 1.165) is 0 Å². The van der Waals surface area contributed by atoms with E-state index in [9.17, 15) is 9.59 Å². The number of ketones is 1. The van der Waals surface area contributed by atoms with Gasteiger partial charge in [0, 0.05) is 5.56 Å². The number of hydrogen-bond acceptors (Lipinski definition) is 4. The summed E-state index contributed by atoms with van der Waals surface area (Å²) in [5.74, 6) is 0.494. The minimum absolute atomic E-state index is 0.0593. The van der Waals surface area contributed by atoms with Crippen molar-refractivity contribution in [3.8, 4) is 5.75 Å². The van der Waals surface area contributed by atoms with E-state index in [1.54, 1.807) is 31.2 Å². The van der Waals surface area contributed by atoms with Crippen LogP contribution >= 0.6 is 0 Å². The largest absolute Gasteiger partial charge is 0.425 e. The second kappa shape index (κ2) is 5.97. The van der Waals surface area contributed by atoms with Crippen molar-refractivity contribution in [1.82, 2.24) is 0 Å². The molecule has 0 N–H and O–H groups in total. The van der Waals surface area contributed by atoms with Crippen LogP contribution in [0.15, 0.2) is 24.3 Å². The standard InChI is InChI=1S/C15H18O4/c1-10(16)13-4-3-5-14(8-13)19-15(17)11(2)18-9-12-6-7-12/h3-5,8,11-12H,6-7,9H2,1-2H3. The summed E-state index contributed by atoms with van der Waals surface area (Å²) in [6.07, 6.45) is 1.78. The molecule has 0 amide bonds. The fourth-order valence-electron chi connectivity index (χ4n) is 1.61. The average molecular weight is 262 g/mol. The van der Waals surface area contributed by atoms with E-state index in [-0.39, 0.29) is 5.78 Å². The Bertz CT molecular complexity index is 477. The molecule has 0 aromatic heterocycles. The van der Waals surface area contributed by atoms with Crippen LogP contribution in [0.25, 0.3) is 0 Å². The molecular formula is C15H18O4. The second-order valence-electron chi connectivity index (χ2n) is 4.92. The van der Waals surface area contributed by atoms with Gasteiger partial charge >= 0.3 is 5.97 Å². The third-order valence-electron chi connectivity index (χ3n) is 3.07. The molecule has 0 aliphatic heterocycles. The summed E-state index contributed by atoms with van der Waals surface area (Å²) in [6, 6.07) is 6.59. The smallest absolute Gasteiger partial charge is 0.340 e. The Labute approximate surface area is 112 Å². The molecule has 1 aromatic rings. The number of carbonyl (C=O) groups excluding carboxylic acids is 2. The molecule has 1 aliphatic rings. The third kappa shape index (κ3) is 4.17. The van der Waals surface area contributed by atoms with Gasteiger partial charge in [-0.2, -0.15) is 0 Å². The van der Waals surface area contributed by atoms with Crippen LogP contribution in [0, 0.1) is 5.92 Å². The molecule has 2 rings (SSSR count). The van der Waals surface area contributed by atoms with Crippen molar-refractivity contribution < 1.29 is 19.1 Å². The van der Waals surface area contributed by atoms with Gasteiger partial charge in [0.1, 0.15) is 5.75 Å². The molecule has 0 heterocycles. The van der Waals surface area contributed by atoms with E-state index in [4.69, 9.17) is 9.47 Å². The van der Waals surface area contributed by atoms with E-state index in [2.05, 4.69) is 0 Å². The SMILES string of the molecule is CC(=O)c1cccc(OC(=O)C(C)OCC2CC2)c1. The Hall–Kier alpha value is -1.68. The first-order valence-electron chi connectivity index (χ1n) is 6.50. The van der Waals surface area contributed by atoms with E-state index in [1.165, 1.54) is 19.8 Å². The Morgan fingerprint density at radius 3 is 2.74 bits per heavy atom. The number of rotatable bonds is 6. The van der Waals surface area contributed by atoms with E-state index in [1.807, 2.05) is 0 Å². The van der Waals surface area contributed by atoms with Crippen molar-refractivity contribution >= 4 is 11.8 Å². The zero-order valence-electron chi connectivity index (χ0n) is 11.2. The molecule has 102 valence electrons. The fourth-order valence-corrected chi connectivity index (χ4v) is 1.61. The van der Waals surface area contributed by atoms with Crippen molar-refractivity contribution in [2.75, 3.05) is 6.61 Å². The topological polar surface area (TPSA) is 52.6 Å². The molecule has 1 atom stereocenters. The molecule has 1 aromatic carbocycles. The summed E-state index contributed by atoms with van der Waals surface area (Å²) in [5.41, 5.74) is 0.525. The predicted molar refractivity (Wildman–Crippen MR) is 70.2 cm³/mol. The first-order valence-corrected chi connectivity index (χ1v) is 6.50. The Balaban J connectivity index is 1.89. The minimum atomic E-state index is -0.582. The van der Waals surface area contributed by atoms with Gasteiger partial charge in [-0.25, -0.2) is 4.79 Å². The van der Waals surface area contributed by atoms with Gasteiger partial charge in [-0.15, -0.1) is 0 Å². The molecule has 0 saturated heterocycles. The summed E-state index contributed by atoms with van der Waals surface area (Å²) < 4.78 is 10.6. The van der Waals surface area contributed by atoms with Gasteiger partial charge in [-0.05, 0) is 44.7 Å². The number of Topliss-reactive ketones (excluding diaryl/α,β-unsaturated/α-hetero) is 1. The Kier molecular flexibility index (Phi) is 4.32. The molecule has 0 bridgehead atoms. The van der Waals surface area contributed by atoms with E-state index in [0.29, 0.717) is 23.8 Å². The van der Waals surface area contributed by atoms with Gasteiger partial charge in [0.15, 0.2) is 11.9 Å². The molecule has 1 fully saturated rings. The quantitative estimate of drug-likeness (QED) is 0.449. The van der Waals surface area contributed by atoms with Crippen LogP contribution < -0.4 is 4.74 Å². The number of hydrogen-bond donors (Lipinski definition) is 0. The van der Waals surface area contributed by atoms with Gasteiger partial charge in [-0.1, -0.05) is 12.1 Å². The van der Waals surface area contributed by atoms with E-state index >= 15 is 0 Å². The van der Waals surface area contributed by atoms with Crippen molar-refractivity contribution in [2.24, 2.45) is 5.92 Å². The maximum atomic E-state index is 11.8. The van der Waals surface area contributed by atoms with Gasteiger partial charge in [-0.3, -0.25) is 4.79 Å². The van der Waals surface area contributed by atoms with Crippen molar-refractivity contribution in [3.05, 3.63) is 29.8 Å². The van der Waals surface area contributed by atoms with Crippen LogP contribution in [0.4, 0.5) is 0 Å². The predicted octanol–water partition coefficient (Wildman–Crippen LogP) is 2.61. The molecule has 4 heteroatoms. The Morgan fingerprint density at radius 1 is 1.37 bits per heavy atom. The molecule has 0 radical (unpaired) electrons. The van der Waals surface area contributed by atoms with Crippen LogP contribution in [0.1, 0.15) is 37.0 Å². The molecule has 19 heavy (non-hydrogen) atoms.